The molecule has 0 saturated heterocycles. The molecule has 1 aromatic carbocycles. The van der Waals surface area contributed by atoms with E-state index in [0.717, 1.165) is 24.8 Å². The van der Waals surface area contributed by atoms with Crippen LogP contribution in [0.4, 0.5) is 0 Å². The largest absolute Gasteiger partial charge is 0.508 e. The van der Waals surface area contributed by atoms with Crippen LogP contribution in [-0.2, 0) is 6.42 Å². The molecule has 0 saturated carbocycles. The summed E-state index contributed by atoms with van der Waals surface area (Å²) in [6.45, 7) is 0. The lowest BCUT2D eigenvalue weighted by atomic mass is 9.92. The van der Waals surface area contributed by atoms with Crippen LogP contribution < -0.4 is 0 Å². The van der Waals surface area contributed by atoms with E-state index in [0.29, 0.717) is 6.42 Å². The summed E-state index contributed by atoms with van der Waals surface area (Å²) in [7, 11) is 0. The molecule has 3 heteroatoms. The van der Waals surface area contributed by atoms with Crippen LogP contribution in [0.15, 0.2) is 29.8 Å². The Bertz CT molecular complexity index is 389. The number of aromatic hydroxyl groups is 2. The normalized spacial score (nSPS) is 20.6. The van der Waals surface area contributed by atoms with Crippen molar-refractivity contribution in [2.75, 3.05) is 0 Å². The van der Waals surface area contributed by atoms with Crippen LogP contribution in [0.1, 0.15) is 24.8 Å². The third-order valence-corrected chi connectivity index (χ3v) is 2.87. The molecule has 0 aromatic heterocycles. The third-order valence-electron chi connectivity index (χ3n) is 2.87. The van der Waals surface area contributed by atoms with Gasteiger partial charge in [0.1, 0.15) is 11.5 Å². The predicted octanol–water partition coefficient (Wildman–Crippen LogP) is 2.11. The van der Waals surface area contributed by atoms with Crippen molar-refractivity contribution in [1.82, 2.24) is 0 Å². The highest BCUT2D eigenvalue weighted by atomic mass is 16.3. The Balaban J connectivity index is 2.09. The SMILES string of the molecule is Oc1cc(O)cc(CC2=CCC(O)CC2)c1. The topological polar surface area (TPSA) is 60.7 Å². The summed E-state index contributed by atoms with van der Waals surface area (Å²) in [6.07, 6.45) is 4.97. The van der Waals surface area contributed by atoms with Gasteiger partial charge in [-0.25, -0.2) is 0 Å². The molecule has 1 aliphatic carbocycles. The van der Waals surface area contributed by atoms with Gasteiger partial charge in [-0.05, 0) is 43.4 Å². The monoisotopic (exact) mass is 220 g/mol. The van der Waals surface area contributed by atoms with Crippen molar-refractivity contribution < 1.29 is 15.3 Å². The van der Waals surface area contributed by atoms with Gasteiger partial charge >= 0.3 is 0 Å². The summed E-state index contributed by atoms with van der Waals surface area (Å²) in [5, 5.41) is 28.0. The van der Waals surface area contributed by atoms with Crippen LogP contribution in [0.2, 0.25) is 0 Å². The molecule has 16 heavy (non-hydrogen) atoms. The van der Waals surface area contributed by atoms with Crippen molar-refractivity contribution in [3.8, 4) is 11.5 Å². The molecule has 1 aromatic rings. The van der Waals surface area contributed by atoms with Gasteiger partial charge in [0.05, 0.1) is 6.10 Å². The van der Waals surface area contributed by atoms with Crippen molar-refractivity contribution in [3.63, 3.8) is 0 Å². The van der Waals surface area contributed by atoms with Gasteiger partial charge in [0.2, 0.25) is 0 Å². The van der Waals surface area contributed by atoms with Gasteiger partial charge in [-0.1, -0.05) is 11.6 Å². The number of aliphatic hydroxyl groups is 1. The van der Waals surface area contributed by atoms with E-state index in [-0.39, 0.29) is 17.6 Å². The lowest BCUT2D eigenvalue weighted by Gasteiger charge is -2.17. The van der Waals surface area contributed by atoms with E-state index < -0.39 is 0 Å². The molecule has 3 nitrogen and oxygen atoms in total. The van der Waals surface area contributed by atoms with Crippen LogP contribution in [0, 0.1) is 0 Å². The fourth-order valence-corrected chi connectivity index (χ4v) is 2.06. The van der Waals surface area contributed by atoms with E-state index in [9.17, 15) is 15.3 Å². The Morgan fingerprint density at radius 1 is 1.12 bits per heavy atom. The molecule has 0 spiro atoms. The summed E-state index contributed by atoms with van der Waals surface area (Å²) in [5.74, 6) is 0.179. The van der Waals surface area contributed by atoms with Crippen LogP contribution in [0.5, 0.6) is 11.5 Å². The quantitative estimate of drug-likeness (QED) is 0.669. The van der Waals surface area contributed by atoms with E-state index in [2.05, 4.69) is 6.08 Å². The molecule has 3 N–H and O–H groups in total. The second kappa shape index (κ2) is 4.58. The number of aliphatic hydroxyl groups excluding tert-OH is 1. The summed E-state index contributed by atoms with van der Waals surface area (Å²) in [4.78, 5) is 0. The average molecular weight is 220 g/mol. The number of benzene rings is 1. The maximum Gasteiger partial charge on any atom is 0.119 e. The maximum atomic E-state index is 9.36. The van der Waals surface area contributed by atoms with Crippen molar-refractivity contribution >= 4 is 0 Å². The Morgan fingerprint density at radius 3 is 2.38 bits per heavy atom. The lowest BCUT2D eigenvalue weighted by Crippen LogP contribution is -2.11. The fraction of sp³-hybridized carbons (Fsp3) is 0.385. The molecule has 0 aliphatic heterocycles. The lowest BCUT2D eigenvalue weighted by molar-refractivity contribution is 0.162. The first-order valence-corrected chi connectivity index (χ1v) is 5.51. The number of rotatable bonds is 2. The second-order valence-electron chi connectivity index (χ2n) is 4.33. The van der Waals surface area contributed by atoms with Gasteiger partial charge in [0.25, 0.3) is 0 Å². The smallest absolute Gasteiger partial charge is 0.119 e. The van der Waals surface area contributed by atoms with Crippen molar-refractivity contribution in [1.29, 1.82) is 0 Å². The molecule has 0 fully saturated rings. The van der Waals surface area contributed by atoms with E-state index in [1.165, 1.54) is 11.6 Å². The molecule has 1 unspecified atom stereocenters. The van der Waals surface area contributed by atoms with Crippen molar-refractivity contribution in [2.24, 2.45) is 0 Å². The number of hydrogen-bond acceptors (Lipinski definition) is 3. The Labute approximate surface area is 94.7 Å². The maximum absolute atomic E-state index is 9.36. The van der Waals surface area contributed by atoms with E-state index in [1.54, 1.807) is 12.1 Å². The van der Waals surface area contributed by atoms with E-state index in [4.69, 9.17) is 0 Å². The van der Waals surface area contributed by atoms with Gasteiger partial charge in [-0.15, -0.1) is 0 Å². The highest BCUT2D eigenvalue weighted by Crippen LogP contribution is 2.26. The minimum Gasteiger partial charge on any atom is -0.508 e. The highest BCUT2D eigenvalue weighted by Gasteiger charge is 2.12. The van der Waals surface area contributed by atoms with Crippen LogP contribution in [0.3, 0.4) is 0 Å². The summed E-state index contributed by atoms with van der Waals surface area (Å²) in [6, 6.07) is 4.64. The number of phenolic OH excluding ortho intramolecular Hbond substituents is 2. The molecular weight excluding hydrogens is 204 g/mol. The van der Waals surface area contributed by atoms with Gasteiger partial charge in [0.15, 0.2) is 0 Å². The molecule has 0 radical (unpaired) electrons. The van der Waals surface area contributed by atoms with Gasteiger partial charge in [0, 0.05) is 6.07 Å². The molecule has 2 rings (SSSR count). The second-order valence-corrected chi connectivity index (χ2v) is 4.33. The predicted molar refractivity (Wildman–Crippen MR) is 61.4 cm³/mol. The summed E-state index contributed by atoms with van der Waals surface area (Å²) < 4.78 is 0. The minimum atomic E-state index is -0.207. The molecule has 0 amide bonds. The van der Waals surface area contributed by atoms with Crippen molar-refractivity contribution in [2.45, 2.75) is 31.8 Å². The Kier molecular flexibility index (Phi) is 3.15. The van der Waals surface area contributed by atoms with E-state index >= 15 is 0 Å². The van der Waals surface area contributed by atoms with Crippen LogP contribution >= 0.6 is 0 Å². The zero-order valence-corrected chi connectivity index (χ0v) is 9.06. The average Bonchev–Trinajstić information content (AvgIpc) is 2.20. The van der Waals surface area contributed by atoms with E-state index in [1.807, 2.05) is 0 Å². The highest BCUT2D eigenvalue weighted by molar-refractivity contribution is 5.38. The fourth-order valence-electron chi connectivity index (χ4n) is 2.06. The first-order chi connectivity index (χ1) is 7.63. The molecule has 0 bridgehead atoms. The zero-order valence-electron chi connectivity index (χ0n) is 9.06. The number of phenols is 2. The zero-order chi connectivity index (χ0) is 11.5. The van der Waals surface area contributed by atoms with Crippen molar-refractivity contribution in [3.05, 3.63) is 35.4 Å². The molecule has 0 heterocycles. The molecule has 86 valence electrons. The van der Waals surface area contributed by atoms with Gasteiger partial charge < -0.3 is 15.3 Å². The van der Waals surface area contributed by atoms with Crippen LogP contribution in [-0.4, -0.2) is 21.4 Å². The third kappa shape index (κ3) is 2.76. The Hall–Kier alpha value is -1.48. The molecule has 1 aliphatic rings. The first kappa shape index (κ1) is 11.0. The summed E-state index contributed by atoms with van der Waals surface area (Å²) >= 11 is 0. The first-order valence-electron chi connectivity index (χ1n) is 5.51. The standard InChI is InChI=1S/C13H16O3/c14-11-3-1-9(2-4-11)5-10-6-12(15)8-13(16)7-10/h1,6-8,11,14-16H,2-5H2. The van der Waals surface area contributed by atoms with Gasteiger partial charge in [-0.2, -0.15) is 0 Å². The molecular formula is C13H16O3. The summed E-state index contributed by atoms with van der Waals surface area (Å²) in [5.41, 5.74) is 2.16. The van der Waals surface area contributed by atoms with Gasteiger partial charge in [-0.3, -0.25) is 0 Å². The van der Waals surface area contributed by atoms with Crippen LogP contribution in [0.25, 0.3) is 0 Å². The number of hydrogen-bond donors (Lipinski definition) is 3. The minimum absolute atomic E-state index is 0.0893. The molecule has 1 atom stereocenters. The number of allylic oxidation sites excluding steroid dienone is 1. The Morgan fingerprint density at radius 2 is 1.81 bits per heavy atom.